The van der Waals surface area contributed by atoms with Crippen molar-refractivity contribution < 1.29 is 53.6 Å². The minimum absolute atomic E-state index is 0.423. The van der Waals surface area contributed by atoms with Crippen molar-refractivity contribution in [1.82, 2.24) is 0 Å². The number of Topliss-reactive ketones (excluding diaryl/α,β-unsaturated/α-hetero) is 1. The SMILES string of the molecule is O=C(CCl)CCCOC(=O)C(C(F)(F)F)(C(F)(F)F)S(=O)(=O)O. The Hall–Kier alpha value is -1.08. The lowest BCUT2D eigenvalue weighted by Crippen LogP contribution is -2.67. The highest BCUT2D eigenvalue weighted by atomic mass is 35.5. The van der Waals surface area contributed by atoms with Gasteiger partial charge in [0.1, 0.15) is 5.78 Å². The van der Waals surface area contributed by atoms with Crippen LogP contribution in [-0.2, 0) is 24.4 Å². The van der Waals surface area contributed by atoms with Crippen LogP contribution in [-0.4, -0.2) is 54.3 Å². The minimum atomic E-state index is -7.01. The summed E-state index contributed by atoms with van der Waals surface area (Å²) < 4.78 is 103. The van der Waals surface area contributed by atoms with E-state index in [0.29, 0.717) is 0 Å². The summed E-state index contributed by atoms with van der Waals surface area (Å²) in [7, 11) is -7.01. The largest absolute Gasteiger partial charge is 0.464 e. The smallest absolute Gasteiger partial charge is 0.430 e. The molecule has 0 aliphatic heterocycles. The first-order chi connectivity index (χ1) is 10.1. The van der Waals surface area contributed by atoms with Gasteiger partial charge in [0.2, 0.25) is 0 Å². The lowest BCUT2D eigenvalue weighted by Gasteiger charge is -2.31. The van der Waals surface area contributed by atoms with Crippen LogP contribution in [0.25, 0.3) is 0 Å². The monoisotopic (exact) mass is 394 g/mol. The number of halogens is 7. The van der Waals surface area contributed by atoms with Crippen LogP contribution in [0.2, 0.25) is 0 Å². The van der Waals surface area contributed by atoms with E-state index in [9.17, 15) is 44.3 Å². The molecule has 6 nitrogen and oxygen atoms in total. The van der Waals surface area contributed by atoms with Crippen LogP contribution in [0, 0.1) is 0 Å². The third kappa shape index (κ3) is 4.47. The quantitative estimate of drug-likeness (QED) is 0.233. The molecule has 0 radical (unpaired) electrons. The molecule has 0 atom stereocenters. The zero-order valence-electron chi connectivity index (χ0n) is 10.9. The fourth-order valence-electron chi connectivity index (χ4n) is 1.39. The van der Waals surface area contributed by atoms with E-state index in [2.05, 4.69) is 4.74 Å². The zero-order valence-corrected chi connectivity index (χ0v) is 12.4. The van der Waals surface area contributed by atoms with Crippen LogP contribution < -0.4 is 0 Å². The predicted molar refractivity (Wildman–Crippen MR) is 62.3 cm³/mol. The second-order valence-electron chi connectivity index (χ2n) is 4.06. The molecule has 1 N–H and O–H groups in total. The standard InChI is InChI=1S/C9H9ClF6O6S/c10-4-5(17)2-1-3-22-6(18)7(8(11,12)13,9(14,15)16)23(19,20)21/h1-4H2,(H,19,20,21). The third-order valence-corrected chi connectivity index (χ3v) is 4.16. The predicted octanol–water partition coefficient (Wildman–Crippen LogP) is 1.87. The van der Waals surface area contributed by atoms with Crippen LogP contribution in [0.1, 0.15) is 12.8 Å². The molecule has 0 bridgehead atoms. The van der Waals surface area contributed by atoms with Crippen molar-refractivity contribution in [2.75, 3.05) is 12.5 Å². The van der Waals surface area contributed by atoms with E-state index < -0.39 is 64.3 Å². The maximum absolute atomic E-state index is 12.7. The van der Waals surface area contributed by atoms with Gasteiger partial charge < -0.3 is 4.74 Å². The van der Waals surface area contributed by atoms with E-state index >= 15 is 0 Å². The Labute approximate surface area is 130 Å². The summed E-state index contributed by atoms with van der Waals surface area (Å²) in [6.07, 6.45) is -14.4. The molecular weight excluding hydrogens is 386 g/mol. The normalized spacial score (nSPS) is 13.7. The number of carbonyl (C=O) groups excluding carboxylic acids is 2. The highest BCUT2D eigenvalue weighted by Crippen LogP contribution is 2.49. The van der Waals surface area contributed by atoms with Gasteiger partial charge in [-0.15, -0.1) is 11.6 Å². The van der Waals surface area contributed by atoms with Crippen molar-refractivity contribution in [2.45, 2.75) is 29.9 Å². The van der Waals surface area contributed by atoms with Crippen molar-refractivity contribution in [3.63, 3.8) is 0 Å². The van der Waals surface area contributed by atoms with E-state index in [4.69, 9.17) is 16.2 Å². The van der Waals surface area contributed by atoms with E-state index in [1.165, 1.54) is 0 Å². The Balaban J connectivity index is 5.57. The van der Waals surface area contributed by atoms with Crippen LogP contribution in [0.15, 0.2) is 0 Å². The van der Waals surface area contributed by atoms with Gasteiger partial charge in [0, 0.05) is 6.42 Å². The average Bonchev–Trinajstić information content (AvgIpc) is 2.29. The lowest BCUT2D eigenvalue weighted by molar-refractivity contribution is -0.268. The van der Waals surface area contributed by atoms with Crippen molar-refractivity contribution in [1.29, 1.82) is 0 Å². The lowest BCUT2D eigenvalue weighted by atomic mass is 10.1. The van der Waals surface area contributed by atoms with E-state index in [1.54, 1.807) is 0 Å². The molecule has 0 aliphatic rings. The molecule has 0 aromatic carbocycles. The van der Waals surface area contributed by atoms with Crippen molar-refractivity contribution >= 4 is 33.5 Å². The summed E-state index contributed by atoms with van der Waals surface area (Å²) in [6.45, 7) is -1.12. The van der Waals surface area contributed by atoms with Crippen LogP contribution in [0.4, 0.5) is 26.3 Å². The number of hydrogen-bond donors (Lipinski definition) is 1. The molecule has 0 unspecified atom stereocenters. The van der Waals surface area contributed by atoms with Gasteiger partial charge in [-0.1, -0.05) is 0 Å². The molecule has 136 valence electrons. The highest BCUT2D eigenvalue weighted by molar-refractivity contribution is 7.88. The average molecular weight is 395 g/mol. The van der Waals surface area contributed by atoms with Gasteiger partial charge in [0.05, 0.1) is 12.5 Å². The molecule has 0 saturated heterocycles. The Morgan fingerprint density at radius 2 is 1.48 bits per heavy atom. The van der Waals surface area contributed by atoms with Gasteiger partial charge in [-0.25, -0.2) is 4.79 Å². The maximum atomic E-state index is 12.7. The summed E-state index contributed by atoms with van der Waals surface area (Å²) in [4.78, 5) is 22.0. The molecule has 0 rings (SSSR count). The van der Waals surface area contributed by atoms with Gasteiger partial charge in [-0.3, -0.25) is 9.35 Å². The third-order valence-electron chi connectivity index (χ3n) is 2.45. The molecule has 0 fully saturated rings. The Kier molecular flexibility index (Phi) is 6.88. The number of alkyl halides is 7. The molecule has 0 spiro atoms. The Morgan fingerprint density at radius 1 is 1.04 bits per heavy atom. The van der Waals surface area contributed by atoms with E-state index in [-0.39, 0.29) is 0 Å². The first-order valence-electron chi connectivity index (χ1n) is 5.48. The summed E-state index contributed by atoms with van der Waals surface area (Å²) in [5.74, 6) is -4.37. The fourth-order valence-corrected chi connectivity index (χ4v) is 2.38. The number of ether oxygens (including phenoxy) is 1. The molecule has 0 aromatic heterocycles. The van der Waals surface area contributed by atoms with Crippen molar-refractivity contribution in [3.8, 4) is 0 Å². The molecule has 0 saturated carbocycles. The summed E-state index contributed by atoms with van der Waals surface area (Å²) >= 11 is 5.08. The second kappa shape index (κ2) is 7.21. The molecule has 0 aromatic rings. The van der Waals surface area contributed by atoms with Crippen LogP contribution in [0.3, 0.4) is 0 Å². The molecule has 23 heavy (non-hydrogen) atoms. The topological polar surface area (TPSA) is 97.7 Å². The summed E-state index contributed by atoms with van der Waals surface area (Å²) in [6, 6.07) is 0. The number of hydrogen-bond acceptors (Lipinski definition) is 5. The molecule has 0 aliphatic carbocycles. The van der Waals surface area contributed by atoms with E-state index in [1.807, 2.05) is 0 Å². The molecule has 14 heteroatoms. The van der Waals surface area contributed by atoms with Gasteiger partial charge in [0.25, 0.3) is 0 Å². The second-order valence-corrected chi connectivity index (χ2v) is 5.89. The fraction of sp³-hybridized carbons (Fsp3) is 0.778. The number of rotatable bonds is 7. The van der Waals surface area contributed by atoms with Crippen molar-refractivity contribution in [3.05, 3.63) is 0 Å². The van der Waals surface area contributed by atoms with Gasteiger partial charge in [0.15, 0.2) is 0 Å². The molecule has 0 heterocycles. The van der Waals surface area contributed by atoms with Gasteiger partial charge >= 0.3 is 33.2 Å². The number of carbonyl (C=O) groups is 2. The zero-order chi connectivity index (χ0) is 18.7. The first-order valence-corrected chi connectivity index (χ1v) is 7.45. The Morgan fingerprint density at radius 3 is 1.78 bits per heavy atom. The van der Waals surface area contributed by atoms with Crippen molar-refractivity contribution in [2.24, 2.45) is 0 Å². The maximum Gasteiger partial charge on any atom is 0.430 e. The van der Waals surface area contributed by atoms with Gasteiger partial charge in [-0.05, 0) is 6.42 Å². The number of ketones is 1. The number of esters is 1. The first kappa shape index (κ1) is 21.9. The highest BCUT2D eigenvalue weighted by Gasteiger charge is 2.84. The van der Waals surface area contributed by atoms with E-state index in [0.717, 1.165) is 0 Å². The Bertz CT molecular complexity index is 540. The molecule has 0 amide bonds. The summed E-state index contributed by atoms with van der Waals surface area (Å²) in [5, 5.41) is 0. The molecular formula is C9H9ClF6O6S. The van der Waals surface area contributed by atoms with Gasteiger partial charge in [-0.2, -0.15) is 34.8 Å². The van der Waals surface area contributed by atoms with Crippen LogP contribution in [0.5, 0.6) is 0 Å². The summed E-state index contributed by atoms with van der Waals surface area (Å²) in [5.41, 5.74) is 0. The van der Waals surface area contributed by atoms with Crippen LogP contribution >= 0.6 is 11.6 Å². The minimum Gasteiger partial charge on any atom is -0.464 e.